The second-order valence-corrected chi connectivity index (χ2v) is 6.49. The van der Waals surface area contributed by atoms with Gasteiger partial charge in [0.15, 0.2) is 0 Å². The molecule has 0 spiro atoms. The summed E-state index contributed by atoms with van der Waals surface area (Å²) in [6.07, 6.45) is 3.54. The fraction of sp³-hybridized carbons (Fsp3) is 0.0500. The average molecular weight is 343 g/mol. The molecule has 120 valence electrons. The van der Waals surface area contributed by atoms with Crippen molar-refractivity contribution in [3.8, 4) is 11.8 Å². The summed E-state index contributed by atoms with van der Waals surface area (Å²) in [6, 6.07) is 11.8. The SMILES string of the molecule is Cc1ncc2c(n1)NC(=O)C2=Cc1cc(C#Cc2ccccc2)cs1. The zero-order chi connectivity index (χ0) is 17.2. The molecule has 0 unspecified atom stereocenters. The van der Waals surface area contributed by atoms with E-state index in [9.17, 15) is 4.79 Å². The largest absolute Gasteiger partial charge is 0.306 e. The first kappa shape index (κ1) is 15.3. The van der Waals surface area contributed by atoms with Gasteiger partial charge in [-0.3, -0.25) is 4.79 Å². The van der Waals surface area contributed by atoms with Crippen LogP contribution in [-0.2, 0) is 4.79 Å². The van der Waals surface area contributed by atoms with E-state index in [0.717, 1.165) is 21.6 Å². The van der Waals surface area contributed by atoms with Gasteiger partial charge >= 0.3 is 0 Å². The first-order chi connectivity index (χ1) is 12.2. The Hall–Kier alpha value is -3.23. The lowest BCUT2D eigenvalue weighted by Crippen LogP contribution is -2.04. The summed E-state index contributed by atoms with van der Waals surface area (Å²) in [5.74, 6) is 7.34. The Morgan fingerprint density at radius 3 is 2.80 bits per heavy atom. The first-order valence-electron chi connectivity index (χ1n) is 7.72. The molecule has 0 saturated carbocycles. The van der Waals surface area contributed by atoms with Crippen LogP contribution in [0.1, 0.15) is 27.4 Å². The molecule has 0 radical (unpaired) electrons. The highest BCUT2D eigenvalue weighted by Gasteiger charge is 2.26. The van der Waals surface area contributed by atoms with E-state index in [4.69, 9.17) is 0 Å². The molecule has 1 aliphatic rings. The molecule has 5 heteroatoms. The Morgan fingerprint density at radius 2 is 1.96 bits per heavy atom. The highest BCUT2D eigenvalue weighted by atomic mass is 32.1. The van der Waals surface area contributed by atoms with E-state index >= 15 is 0 Å². The van der Waals surface area contributed by atoms with Gasteiger partial charge in [-0.25, -0.2) is 9.97 Å². The molecule has 2 aromatic heterocycles. The topological polar surface area (TPSA) is 54.9 Å². The van der Waals surface area contributed by atoms with Gasteiger partial charge in [-0.05, 0) is 31.2 Å². The van der Waals surface area contributed by atoms with Crippen LogP contribution < -0.4 is 5.32 Å². The van der Waals surface area contributed by atoms with Crippen LogP contribution in [0.25, 0.3) is 11.6 Å². The summed E-state index contributed by atoms with van der Waals surface area (Å²) in [7, 11) is 0. The van der Waals surface area contributed by atoms with Crippen LogP contribution in [0.3, 0.4) is 0 Å². The lowest BCUT2D eigenvalue weighted by molar-refractivity contribution is -0.110. The number of aromatic nitrogens is 2. The van der Waals surface area contributed by atoms with E-state index in [1.807, 2.05) is 47.9 Å². The van der Waals surface area contributed by atoms with Crippen molar-refractivity contribution in [2.75, 3.05) is 5.32 Å². The molecule has 25 heavy (non-hydrogen) atoms. The zero-order valence-corrected chi connectivity index (χ0v) is 14.2. The van der Waals surface area contributed by atoms with E-state index in [0.29, 0.717) is 17.2 Å². The van der Waals surface area contributed by atoms with E-state index in [2.05, 4.69) is 27.1 Å². The monoisotopic (exact) mass is 343 g/mol. The minimum atomic E-state index is -0.153. The van der Waals surface area contributed by atoms with Gasteiger partial charge in [0.05, 0.1) is 5.57 Å². The van der Waals surface area contributed by atoms with E-state index < -0.39 is 0 Å². The van der Waals surface area contributed by atoms with E-state index in [-0.39, 0.29) is 5.91 Å². The van der Waals surface area contributed by atoms with Gasteiger partial charge in [0.1, 0.15) is 11.6 Å². The quantitative estimate of drug-likeness (QED) is 0.541. The van der Waals surface area contributed by atoms with Crippen LogP contribution >= 0.6 is 11.3 Å². The Balaban J connectivity index is 1.63. The highest BCUT2D eigenvalue weighted by molar-refractivity contribution is 7.11. The van der Waals surface area contributed by atoms with Gasteiger partial charge in [0, 0.05) is 33.1 Å². The Bertz CT molecular complexity index is 1060. The fourth-order valence-corrected chi connectivity index (χ4v) is 3.28. The summed E-state index contributed by atoms with van der Waals surface area (Å²) in [5.41, 5.74) is 3.23. The number of fused-ring (bicyclic) bond motifs is 1. The smallest absolute Gasteiger partial charge is 0.257 e. The number of carbonyl (C=O) groups is 1. The second-order valence-electron chi connectivity index (χ2n) is 5.55. The molecule has 0 atom stereocenters. The van der Waals surface area contributed by atoms with Crippen molar-refractivity contribution in [2.45, 2.75) is 6.92 Å². The maximum Gasteiger partial charge on any atom is 0.257 e. The van der Waals surface area contributed by atoms with Crippen molar-refractivity contribution >= 4 is 34.7 Å². The van der Waals surface area contributed by atoms with Crippen molar-refractivity contribution in [3.05, 3.63) is 75.4 Å². The molecule has 1 N–H and O–H groups in total. The number of nitrogens with zero attached hydrogens (tertiary/aromatic N) is 2. The number of thiophene rings is 1. The summed E-state index contributed by atoms with van der Waals surface area (Å²) in [6.45, 7) is 1.80. The minimum absolute atomic E-state index is 0.153. The first-order valence-corrected chi connectivity index (χ1v) is 8.60. The van der Waals surface area contributed by atoms with Crippen molar-refractivity contribution in [1.82, 2.24) is 9.97 Å². The Kier molecular flexibility index (Phi) is 3.88. The van der Waals surface area contributed by atoms with Crippen molar-refractivity contribution < 1.29 is 4.79 Å². The van der Waals surface area contributed by atoms with Crippen LogP contribution in [0.4, 0.5) is 5.82 Å². The molecule has 1 aromatic carbocycles. The fourth-order valence-electron chi connectivity index (χ4n) is 2.51. The molecule has 1 amide bonds. The second kappa shape index (κ2) is 6.34. The molecule has 4 rings (SSSR count). The normalized spacial score (nSPS) is 14.0. The molecule has 3 heterocycles. The molecule has 3 aromatic rings. The van der Waals surface area contributed by atoms with Crippen molar-refractivity contribution in [1.29, 1.82) is 0 Å². The van der Waals surface area contributed by atoms with Gasteiger partial charge in [-0.15, -0.1) is 11.3 Å². The number of amides is 1. The number of carbonyl (C=O) groups excluding carboxylic acids is 1. The third-order valence-electron chi connectivity index (χ3n) is 3.71. The van der Waals surface area contributed by atoms with Crippen LogP contribution in [0.2, 0.25) is 0 Å². The zero-order valence-electron chi connectivity index (χ0n) is 13.4. The van der Waals surface area contributed by atoms with Gasteiger partial charge in [-0.1, -0.05) is 30.0 Å². The number of hydrogen-bond acceptors (Lipinski definition) is 4. The number of anilines is 1. The highest BCUT2D eigenvalue weighted by Crippen LogP contribution is 2.32. The number of nitrogens with one attached hydrogen (secondary N) is 1. The summed E-state index contributed by atoms with van der Waals surface area (Å²) in [4.78, 5) is 21.6. The molecule has 0 aliphatic carbocycles. The van der Waals surface area contributed by atoms with Gasteiger partial charge in [-0.2, -0.15) is 0 Å². The predicted molar refractivity (Wildman–Crippen MR) is 100 cm³/mol. The average Bonchev–Trinajstić information content (AvgIpc) is 3.18. The maximum absolute atomic E-state index is 12.2. The maximum atomic E-state index is 12.2. The summed E-state index contributed by atoms with van der Waals surface area (Å²) in [5, 5.41) is 4.77. The number of aryl methyl sites for hydroxylation is 1. The summed E-state index contributed by atoms with van der Waals surface area (Å²) >= 11 is 1.55. The molecule has 0 saturated heterocycles. The third-order valence-corrected chi connectivity index (χ3v) is 4.59. The van der Waals surface area contributed by atoms with Crippen molar-refractivity contribution in [3.63, 3.8) is 0 Å². The van der Waals surface area contributed by atoms with Gasteiger partial charge in [0.2, 0.25) is 0 Å². The minimum Gasteiger partial charge on any atom is -0.306 e. The van der Waals surface area contributed by atoms with Crippen LogP contribution in [0, 0.1) is 18.8 Å². The van der Waals surface area contributed by atoms with E-state index in [1.165, 1.54) is 0 Å². The summed E-state index contributed by atoms with van der Waals surface area (Å²) < 4.78 is 0. The molecule has 1 aliphatic heterocycles. The van der Waals surface area contributed by atoms with Crippen molar-refractivity contribution in [2.24, 2.45) is 0 Å². The van der Waals surface area contributed by atoms with Gasteiger partial charge in [0.25, 0.3) is 5.91 Å². The number of rotatable bonds is 1. The Labute approximate surface area is 149 Å². The molecular formula is C20H13N3OS. The third kappa shape index (κ3) is 3.21. The molecule has 0 fully saturated rings. The van der Waals surface area contributed by atoms with E-state index in [1.54, 1.807) is 24.5 Å². The number of benzene rings is 1. The molecular weight excluding hydrogens is 330 g/mol. The van der Waals surface area contributed by atoms with Crippen LogP contribution in [0.5, 0.6) is 0 Å². The lowest BCUT2D eigenvalue weighted by atomic mass is 10.1. The lowest BCUT2D eigenvalue weighted by Gasteiger charge is -1.97. The van der Waals surface area contributed by atoms with Gasteiger partial charge < -0.3 is 5.32 Å². The van der Waals surface area contributed by atoms with Crippen LogP contribution in [-0.4, -0.2) is 15.9 Å². The number of hydrogen-bond donors (Lipinski definition) is 1. The predicted octanol–water partition coefficient (Wildman–Crippen LogP) is 3.74. The standard InChI is InChI=1S/C20H13N3OS/c1-13-21-11-18-17(20(24)23-19(18)22-13)10-16-9-15(12-25-16)8-7-14-5-3-2-4-6-14/h2-6,9-12H,1H3,(H,21,22,23,24). The molecule has 0 bridgehead atoms. The van der Waals surface area contributed by atoms with Crippen LogP contribution in [0.15, 0.2) is 48.0 Å². The Morgan fingerprint density at radius 1 is 1.16 bits per heavy atom. The molecule has 4 nitrogen and oxygen atoms in total.